The summed E-state index contributed by atoms with van der Waals surface area (Å²) in [4.78, 5) is 15.8. The number of nitrogens with zero attached hydrogens (tertiary/aromatic N) is 2. The fraction of sp³-hybridized carbons (Fsp3) is 0.462. The van der Waals surface area contributed by atoms with Gasteiger partial charge in [-0.1, -0.05) is 0 Å². The molecule has 2 heterocycles. The fourth-order valence-corrected chi connectivity index (χ4v) is 2.02. The lowest BCUT2D eigenvalue weighted by Gasteiger charge is -2.12. The van der Waals surface area contributed by atoms with Gasteiger partial charge in [0.2, 0.25) is 0 Å². The largest absolute Gasteiger partial charge is 0.464 e. The summed E-state index contributed by atoms with van der Waals surface area (Å²) in [6, 6.07) is 1.76. The second kappa shape index (κ2) is 4.31. The molecule has 0 bridgehead atoms. The Hall–Kier alpha value is -1.95. The van der Waals surface area contributed by atoms with Crippen LogP contribution in [-0.2, 0) is 11.3 Å². The third-order valence-corrected chi connectivity index (χ3v) is 3.59. The molecule has 0 aliphatic heterocycles. The van der Waals surface area contributed by atoms with Crippen LogP contribution < -0.4 is 5.32 Å². The molecule has 2 aromatic rings. The predicted octanol–water partition coefficient (Wildman–Crippen LogP) is 1.39. The molecule has 0 radical (unpaired) electrons. The Morgan fingerprint density at radius 1 is 1.58 bits per heavy atom. The average molecular weight is 260 g/mol. The quantitative estimate of drug-likeness (QED) is 0.812. The maximum atomic E-state index is 11.6. The van der Waals surface area contributed by atoms with Crippen molar-refractivity contribution >= 4 is 17.0 Å². The van der Waals surface area contributed by atoms with Crippen LogP contribution in [0.1, 0.15) is 35.8 Å². The molecule has 6 nitrogen and oxygen atoms in total. The molecule has 0 amide bonds. The van der Waals surface area contributed by atoms with Crippen LogP contribution in [0.3, 0.4) is 0 Å². The van der Waals surface area contributed by atoms with E-state index in [0.29, 0.717) is 17.8 Å². The van der Waals surface area contributed by atoms with Crippen LogP contribution in [0.15, 0.2) is 12.3 Å². The van der Waals surface area contributed by atoms with Crippen LogP contribution in [0.4, 0.5) is 0 Å². The van der Waals surface area contributed by atoms with Crippen LogP contribution in [0.2, 0.25) is 0 Å². The lowest BCUT2D eigenvalue weighted by Crippen LogP contribution is -2.27. The molecule has 19 heavy (non-hydrogen) atoms. The van der Waals surface area contributed by atoms with Crippen molar-refractivity contribution in [3.8, 4) is 0 Å². The first-order valence-electron chi connectivity index (χ1n) is 6.28. The number of hydrogen-bond donors (Lipinski definition) is 2. The Kier molecular flexibility index (Phi) is 2.74. The number of aromatic amines is 1. The summed E-state index contributed by atoms with van der Waals surface area (Å²) in [6.07, 6.45) is 3.99. The number of carbonyl (C=O) groups excluding carboxylic acids is 1. The number of carbonyl (C=O) groups is 1. The van der Waals surface area contributed by atoms with E-state index in [1.54, 1.807) is 12.3 Å². The standard InChI is InChI=1S/C13H16N4O2/c1-13(3-4-13)14-6-8-5-9(12(18)19-2)16-10-7-15-17-11(8)10/h5,7,14H,3-4,6H2,1-2H3,(H,15,17). The molecule has 1 saturated carbocycles. The Balaban J connectivity index is 1.95. The van der Waals surface area contributed by atoms with Crippen molar-refractivity contribution in [1.29, 1.82) is 0 Å². The van der Waals surface area contributed by atoms with E-state index < -0.39 is 5.97 Å². The fourth-order valence-electron chi connectivity index (χ4n) is 2.02. The molecule has 1 fully saturated rings. The number of hydrogen-bond acceptors (Lipinski definition) is 5. The van der Waals surface area contributed by atoms with Gasteiger partial charge in [0.1, 0.15) is 11.2 Å². The van der Waals surface area contributed by atoms with E-state index in [4.69, 9.17) is 4.74 Å². The molecule has 100 valence electrons. The van der Waals surface area contributed by atoms with Crippen molar-refractivity contribution in [3.63, 3.8) is 0 Å². The predicted molar refractivity (Wildman–Crippen MR) is 69.7 cm³/mol. The summed E-state index contributed by atoms with van der Waals surface area (Å²) < 4.78 is 4.72. The minimum Gasteiger partial charge on any atom is -0.464 e. The van der Waals surface area contributed by atoms with Gasteiger partial charge in [-0.3, -0.25) is 5.10 Å². The van der Waals surface area contributed by atoms with Crippen molar-refractivity contribution in [3.05, 3.63) is 23.5 Å². The lowest BCUT2D eigenvalue weighted by atomic mass is 10.1. The zero-order chi connectivity index (χ0) is 13.5. The Morgan fingerprint density at radius 2 is 2.37 bits per heavy atom. The monoisotopic (exact) mass is 260 g/mol. The van der Waals surface area contributed by atoms with Gasteiger partial charge in [0.25, 0.3) is 0 Å². The number of methoxy groups -OCH3 is 1. The molecule has 0 aromatic carbocycles. The van der Waals surface area contributed by atoms with Gasteiger partial charge in [-0.25, -0.2) is 9.78 Å². The molecule has 1 aliphatic carbocycles. The highest BCUT2D eigenvalue weighted by molar-refractivity contribution is 5.91. The molecule has 0 atom stereocenters. The Labute approximate surface area is 110 Å². The summed E-state index contributed by atoms with van der Waals surface area (Å²) in [5, 5.41) is 10.4. The van der Waals surface area contributed by atoms with Gasteiger partial charge >= 0.3 is 5.97 Å². The van der Waals surface area contributed by atoms with Gasteiger partial charge in [0.05, 0.1) is 18.8 Å². The van der Waals surface area contributed by atoms with Crippen LogP contribution in [0.5, 0.6) is 0 Å². The molecule has 2 N–H and O–H groups in total. The van der Waals surface area contributed by atoms with Crippen LogP contribution >= 0.6 is 0 Å². The third kappa shape index (κ3) is 2.31. The van der Waals surface area contributed by atoms with E-state index in [1.165, 1.54) is 20.0 Å². The minimum atomic E-state index is -0.429. The van der Waals surface area contributed by atoms with E-state index in [0.717, 1.165) is 11.1 Å². The Morgan fingerprint density at radius 3 is 3.05 bits per heavy atom. The third-order valence-electron chi connectivity index (χ3n) is 3.59. The number of ether oxygens (including phenoxy) is 1. The van der Waals surface area contributed by atoms with Crippen LogP contribution in [-0.4, -0.2) is 33.8 Å². The minimum absolute atomic E-state index is 0.237. The molecule has 0 saturated heterocycles. The summed E-state index contributed by atoms with van der Waals surface area (Å²) >= 11 is 0. The zero-order valence-corrected chi connectivity index (χ0v) is 11.0. The van der Waals surface area contributed by atoms with E-state index >= 15 is 0 Å². The average Bonchev–Trinajstić information content (AvgIpc) is 2.97. The zero-order valence-electron chi connectivity index (χ0n) is 11.0. The van der Waals surface area contributed by atoms with E-state index in [-0.39, 0.29) is 5.54 Å². The van der Waals surface area contributed by atoms with Gasteiger partial charge in [-0.2, -0.15) is 5.10 Å². The van der Waals surface area contributed by atoms with Gasteiger partial charge in [-0.05, 0) is 31.4 Å². The van der Waals surface area contributed by atoms with Gasteiger partial charge in [-0.15, -0.1) is 0 Å². The first-order valence-corrected chi connectivity index (χ1v) is 6.28. The summed E-state index contributed by atoms with van der Waals surface area (Å²) in [7, 11) is 1.35. The molecule has 3 rings (SSSR count). The van der Waals surface area contributed by atoms with Crippen LogP contribution in [0, 0.1) is 0 Å². The first kappa shape index (κ1) is 12.1. The lowest BCUT2D eigenvalue weighted by molar-refractivity contribution is 0.0594. The molecule has 2 aromatic heterocycles. The number of esters is 1. The number of fused-ring (bicyclic) bond motifs is 1. The molecular formula is C13H16N4O2. The summed E-state index contributed by atoms with van der Waals surface area (Å²) in [5.41, 5.74) is 3.08. The topological polar surface area (TPSA) is 79.9 Å². The Bertz CT molecular complexity index is 631. The normalized spacial score (nSPS) is 16.5. The number of aromatic nitrogens is 3. The van der Waals surface area contributed by atoms with E-state index in [1.807, 2.05) is 0 Å². The second-order valence-corrected chi connectivity index (χ2v) is 5.20. The molecule has 1 aliphatic rings. The van der Waals surface area contributed by atoms with Crippen molar-refractivity contribution < 1.29 is 9.53 Å². The first-order chi connectivity index (χ1) is 9.11. The summed E-state index contributed by atoms with van der Waals surface area (Å²) in [6.45, 7) is 2.88. The smallest absolute Gasteiger partial charge is 0.356 e. The van der Waals surface area contributed by atoms with Crippen molar-refractivity contribution in [1.82, 2.24) is 20.5 Å². The maximum Gasteiger partial charge on any atom is 0.356 e. The number of nitrogens with one attached hydrogen (secondary N) is 2. The highest BCUT2D eigenvalue weighted by Gasteiger charge is 2.36. The number of H-pyrrole nitrogens is 1. The molecule has 6 heteroatoms. The van der Waals surface area contributed by atoms with Crippen molar-refractivity contribution in [2.45, 2.75) is 31.8 Å². The highest BCUT2D eigenvalue weighted by atomic mass is 16.5. The van der Waals surface area contributed by atoms with Crippen molar-refractivity contribution in [2.75, 3.05) is 7.11 Å². The maximum absolute atomic E-state index is 11.6. The van der Waals surface area contributed by atoms with Crippen molar-refractivity contribution in [2.24, 2.45) is 0 Å². The molecule has 0 spiro atoms. The second-order valence-electron chi connectivity index (χ2n) is 5.20. The van der Waals surface area contributed by atoms with Gasteiger partial charge < -0.3 is 10.1 Å². The number of pyridine rings is 1. The van der Waals surface area contributed by atoms with Gasteiger partial charge in [0, 0.05) is 12.1 Å². The summed E-state index contributed by atoms with van der Waals surface area (Å²) in [5.74, 6) is -0.429. The SMILES string of the molecule is COC(=O)c1cc(CNC2(C)CC2)c2[nH]ncc2n1. The van der Waals surface area contributed by atoms with Gasteiger partial charge in [0.15, 0.2) is 0 Å². The van der Waals surface area contributed by atoms with E-state index in [2.05, 4.69) is 27.4 Å². The highest BCUT2D eigenvalue weighted by Crippen LogP contribution is 2.34. The number of rotatable bonds is 4. The molecular weight excluding hydrogens is 244 g/mol. The molecule has 0 unspecified atom stereocenters. The van der Waals surface area contributed by atoms with Crippen LogP contribution in [0.25, 0.3) is 11.0 Å². The van der Waals surface area contributed by atoms with E-state index in [9.17, 15) is 4.79 Å².